The molecule has 2 aromatic heterocycles. The lowest BCUT2D eigenvalue weighted by molar-refractivity contribution is 0.632. The zero-order valence-electron chi connectivity index (χ0n) is 10.7. The van der Waals surface area contributed by atoms with Crippen molar-refractivity contribution < 1.29 is 0 Å². The van der Waals surface area contributed by atoms with Gasteiger partial charge in [0.2, 0.25) is 5.95 Å². The Morgan fingerprint density at radius 1 is 1.05 bits per heavy atom. The molecule has 0 saturated carbocycles. The quantitative estimate of drug-likeness (QED) is 0.760. The first-order valence-corrected chi connectivity index (χ1v) is 7.33. The molecule has 0 atom stereocenters. The molecule has 3 heterocycles. The van der Waals surface area contributed by atoms with E-state index in [1.54, 1.807) is 12.4 Å². The van der Waals surface area contributed by atoms with Gasteiger partial charge in [-0.15, -0.1) is 0 Å². The number of hydrogen-bond acceptors (Lipinski definition) is 6. The largest absolute Gasteiger partial charge is 0.352 e. The van der Waals surface area contributed by atoms with Gasteiger partial charge < -0.3 is 14.8 Å². The third kappa shape index (κ3) is 2.60. The molecule has 1 aliphatic heterocycles. The van der Waals surface area contributed by atoms with Crippen LogP contribution in [-0.4, -0.2) is 46.1 Å². The van der Waals surface area contributed by atoms with Crippen molar-refractivity contribution in [2.24, 2.45) is 0 Å². The average molecular weight is 384 g/mol. The van der Waals surface area contributed by atoms with Crippen LogP contribution in [0, 0.1) is 3.57 Å². The molecule has 8 heteroatoms. The predicted octanol–water partition coefficient (Wildman–Crippen LogP) is 0.491. The summed E-state index contributed by atoms with van der Waals surface area (Å²) in [6, 6.07) is 1.81. The summed E-state index contributed by atoms with van der Waals surface area (Å²) >= 11 is 2.04. The van der Waals surface area contributed by atoms with E-state index >= 15 is 0 Å². The molecule has 7 nitrogen and oxygen atoms in total. The summed E-state index contributed by atoms with van der Waals surface area (Å²) in [5.41, 5.74) is -0.0931. The van der Waals surface area contributed by atoms with Crippen LogP contribution in [0.25, 0.3) is 0 Å². The number of rotatable bonds is 2. The molecule has 1 fully saturated rings. The highest BCUT2D eigenvalue weighted by molar-refractivity contribution is 14.1. The minimum Gasteiger partial charge on any atom is -0.352 e. The molecule has 1 aliphatic rings. The van der Waals surface area contributed by atoms with Crippen molar-refractivity contribution in [3.63, 3.8) is 0 Å². The van der Waals surface area contributed by atoms with Crippen molar-refractivity contribution >= 4 is 34.4 Å². The fraction of sp³-hybridized carbons (Fsp3) is 0.333. The summed E-state index contributed by atoms with van der Waals surface area (Å²) in [5.74, 6) is 1.50. The number of aromatic nitrogens is 4. The summed E-state index contributed by atoms with van der Waals surface area (Å²) in [6.07, 6.45) is 4.94. The molecule has 0 spiro atoms. The number of aromatic amines is 1. The Labute approximate surface area is 129 Å². The average Bonchev–Trinajstić information content (AvgIpc) is 2.51. The Kier molecular flexibility index (Phi) is 3.81. The standard InChI is InChI=1S/C12H13IN6O/c13-9-10(16-8-17-11(9)20)18-4-6-19(7-5-18)12-14-2-1-3-15-12/h1-3,8H,4-7H2,(H,16,17,20). The summed E-state index contributed by atoms with van der Waals surface area (Å²) in [7, 11) is 0. The van der Waals surface area contributed by atoms with Crippen LogP contribution in [0.5, 0.6) is 0 Å². The third-order valence-corrected chi connectivity index (χ3v) is 4.16. The summed E-state index contributed by atoms with van der Waals surface area (Å²) in [4.78, 5) is 31.2. The zero-order valence-corrected chi connectivity index (χ0v) is 12.8. The van der Waals surface area contributed by atoms with Gasteiger partial charge in [-0.3, -0.25) is 4.79 Å². The highest BCUT2D eigenvalue weighted by atomic mass is 127. The number of anilines is 2. The molecule has 1 N–H and O–H groups in total. The molecule has 0 unspecified atom stereocenters. The van der Waals surface area contributed by atoms with Crippen molar-refractivity contribution in [2.75, 3.05) is 36.0 Å². The van der Waals surface area contributed by atoms with Gasteiger partial charge in [-0.25, -0.2) is 15.0 Å². The molecule has 3 rings (SSSR count). The van der Waals surface area contributed by atoms with Crippen molar-refractivity contribution in [3.8, 4) is 0 Å². The predicted molar refractivity (Wildman–Crippen MR) is 84.0 cm³/mol. The highest BCUT2D eigenvalue weighted by Gasteiger charge is 2.21. The monoisotopic (exact) mass is 384 g/mol. The van der Waals surface area contributed by atoms with Crippen molar-refractivity contribution in [1.82, 2.24) is 19.9 Å². The van der Waals surface area contributed by atoms with Crippen LogP contribution >= 0.6 is 22.6 Å². The van der Waals surface area contributed by atoms with E-state index in [-0.39, 0.29) is 5.56 Å². The van der Waals surface area contributed by atoms with E-state index in [1.165, 1.54) is 6.33 Å². The Balaban J connectivity index is 1.73. The van der Waals surface area contributed by atoms with E-state index in [0.717, 1.165) is 37.9 Å². The lowest BCUT2D eigenvalue weighted by Crippen LogP contribution is -2.48. The second kappa shape index (κ2) is 5.73. The lowest BCUT2D eigenvalue weighted by atomic mass is 10.3. The molecule has 20 heavy (non-hydrogen) atoms. The minimum atomic E-state index is -0.0931. The van der Waals surface area contributed by atoms with E-state index in [9.17, 15) is 4.79 Å². The fourth-order valence-corrected chi connectivity index (χ4v) is 2.80. The molecule has 0 aromatic carbocycles. The van der Waals surface area contributed by atoms with Crippen molar-refractivity contribution in [1.29, 1.82) is 0 Å². The second-order valence-corrected chi connectivity index (χ2v) is 5.47. The van der Waals surface area contributed by atoms with Crippen LogP contribution < -0.4 is 15.4 Å². The van der Waals surface area contributed by atoms with Crippen molar-refractivity contribution in [2.45, 2.75) is 0 Å². The van der Waals surface area contributed by atoms with Gasteiger partial charge in [-0.2, -0.15) is 0 Å². The molecular weight excluding hydrogens is 371 g/mol. The van der Waals surface area contributed by atoms with Gasteiger partial charge in [-0.05, 0) is 28.7 Å². The molecule has 0 aliphatic carbocycles. The van der Waals surface area contributed by atoms with Gasteiger partial charge in [0.1, 0.15) is 9.39 Å². The number of hydrogen-bond donors (Lipinski definition) is 1. The van der Waals surface area contributed by atoms with E-state index in [1.807, 2.05) is 28.7 Å². The Hall–Kier alpha value is -1.71. The first-order chi connectivity index (χ1) is 9.75. The van der Waals surface area contributed by atoms with Crippen LogP contribution in [0.1, 0.15) is 0 Å². The Bertz CT molecular complexity index is 638. The van der Waals surface area contributed by atoms with Crippen LogP contribution in [0.15, 0.2) is 29.6 Å². The fourth-order valence-electron chi connectivity index (χ4n) is 2.17. The first-order valence-electron chi connectivity index (χ1n) is 6.26. The Morgan fingerprint density at radius 2 is 1.70 bits per heavy atom. The van der Waals surface area contributed by atoms with E-state index in [0.29, 0.717) is 3.57 Å². The molecule has 0 radical (unpaired) electrons. The SMILES string of the molecule is O=c1[nH]cnc(N2CCN(c3ncccn3)CC2)c1I. The number of nitrogens with zero attached hydrogens (tertiary/aromatic N) is 5. The number of halogens is 1. The first kappa shape index (κ1) is 13.3. The van der Waals surface area contributed by atoms with Gasteiger partial charge in [0.15, 0.2) is 0 Å². The van der Waals surface area contributed by atoms with Crippen LogP contribution in [0.2, 0.25) is 0 Å². The molecule has 0 amide bonds. The normalized spacial score (nSPS) is 15.4. The van der Waals surface area contributed by atoms with Gasteiger partial charge >= 0.3 is 0 Å². The summed E-state index contributed by atoms with van der Waals surface area (Å²) in [5, 5.41) is 0. The van der Waals surface area contributed by atoms with Gasteiger partial charge in [0, 0.05) is 38.6 Å². The molecule has 2 aromatic rings. The topological polar surface area (TPSA) is 78.0 Å². The second-order valence-electron chi connectivity index (χ2n) is 4.39. The number of piperazine rings is 1. The highest BCUT2D eigenvalue weighted by Crippen LogP contribution is 2.18. The smallest absolute Gasteiger partial charge is 0.266 e. The zero-order chi connectivity index (χ0) is 13.9. The van der Waals surface area contributed by atoms with E-state index in [4.69, 9.17) is 0 Å². The minimum absolute atomic E-state index is 0.0931. The molecular formula is C12H13IN6O. The maximum absolute atomic E-state index is 11.6. The van der Waals surface area contributed by atoms with Gasteiger partial charge in [0.05, 0.1) is 6.33 Å². The van der Waals surface area contributed by atoms with E-state index < -0.39 is 0 Å². The third-order valence-electron chi connectivity index (χ3n) is 3.19. The summed E-state index contributed by atoms with van der Waals surface area (Å²) in [6.45, 7) is 3.22. The molecule has 1 saturated heterocycles. The molecule has 0 bridgehead atoms. The van der Waals surface area contributed by atoms with Crippen LogP contribution in [0.3, 0.4) is 0 Å². The summed E-state index contributed by atoms with van der Waals surface area (Å²) < 4.78 is 0.634. The number of H-pyrrole nitrogens is 1. The van der Waals surface area contributed by atoms with Gasteiger partial charge in [-0.1, -0.05) is 0 Å². The van der Waals surface area contributed by atoms with E-state index in [2.05, 4.69) is 29.7 Å². The maximum atomic E-state index is 11.6. The van der Waals surface area contributed by atoms with Gasteiger partial charge in [0.25, 0.3) is 5.56 Å². The van der Waals surface area contributed by atoms with Crippen LogP contribution in [-0.2, 0) is 0 Å². The Morgan fingerprint density at radius 3 is 2.40 bits per heavy atom. The molecule has 104 valence electrons. The number of nitrogens with one attached hydrogen (secondary N) is 1. The van der Waals surface area contributed by atoms with Crippen LogP contribution in [0.4, 0.5) is 11.8 Å². The van der Waals surface area contributed by atoms with Crippen molar-refractivity contribution in [3.05, 3.63) is 38.7 Å². The maximum Gasteiger partial charge on any atom is 0.266 e. The lowest BCUT2D eigenvalue weighted by Gasteiger charge is -2.35.